The van der Waals surface area contributed by atoms with Gasteiger partial charge in [-0.15, -0.1) is 0 Å². The molecule has 4 aromatic rings. The molecular formula is C23H19FN2O3S2. The fourth-order valence-electron chi connectivity index (χ4n) is 3.12. The van der Waals surface area contributed by atoms with E-state index >= 15 is 0 Å². The van der Waals surface area contributed by atoms with E-state index < -0.39 is 9.84 Å². The quantitative estimate of drug-likeness (QED) is 0.408. The average Bonchev–Trinajstić information content (AvgIpc) is 3.20. The molecule has 0 aliphatic carbocycles. The monoisotopic (exact) mass is 454 g/mol. The highest BCUT2D eigenvalue weighted by Gasteiger charge is 2.23. The van der Waals surface area contributed by atoms with Crippen molar-refractivity contribution in [3.63, 3.8) is 0 Å². The Balaban J connectivity index is 1.73. The molecule has 3 aromatic carbocycles. The first kappa shape index (κ1) is 21.1. The third kappa shape index (κ3) is 4.50. The van der Waals surface area contributed by atoms with Crippen LogP contribution in [0.15, 0.2) is 77.7 Å². The predicted octanol–water partition coefficient (Wildman–Crippen LogP) is 5.08. The molecule has 1 aromatic heterocycles. The number of aromatic nitrogens is 1. The van der Waals surface area contributed by atoms with Crippen LogP contribution >= 0.6 is 11.3 Å². The summed E-state index contributed by atoms with van der Waals surface area (Å²) >= 11 is 1.23. The lowest BCUT2D eigenvalue weighted by Crippen LogP contribution is -2.30. The van der Waals surface area contributed by atoms with Crippen molar-refractivity contribution in [2.24, 2.45) is 0 Å². The van der Waals surface area contributed by atoms with E-state index in [1.807, 2.05) is 30.3 Å². The number of rotatable bonds is 6. The van der Waals surface area contributed by atoms with Gasteiger partial charge in [0.15, 0.2) is 15.0 Å². The molecule has 0 aliphatic rings. The van der Waals surface area contributed by atoms with Crippen LogP contribution in [-0.2, 0) is 16.4 Å². The van der Waals surface area contributed by atoms with Gasteiger partial charge in [-0.1, -0.05) is 48.6 Å². The molecule has 8 heteroatoms. The van der Waals surface area contributed by atoms with Crippen LogP contribution < -0.4 is 4.90 Å². The lowest BCUT2D eigenvalue weighted by atomic mass is 10.1. The number of benzene rings is 3. The number of carbonyl (C=O) groups is 1. The summed E-state index contributed by atoms with van der Waals surface area (Å²) in [6.45, 7) is 1.85. The summed E-state index contributed by atoms with van der Waals surface area (Å²) in [6, 6.07) is 19.7. The topological polar surface area (TPSA) is 67.3 Å². The van der Waals surface area contributed by atoms with E-state index in [1.165, 1.54) is 52.6 Å². The summed E-state index contributed by atoms with van der Waals surface area (Å²) in [6.07, 6.45) is 0. The Morgan fingerprint density at radius 3 is 2.42 bits per heavy atom. The maximum Gasteiger partial charge on any atom is 0.260 e. The van der Waals surface area contributed by atoms with Crippen molar-refractivity contribution in [3.8, 4) is 0 Å². The van der Waals surface area contributed by atoms with E-state index in [2.05, 4.69) is 4.98 Å². The van der Waals surface area contributed by atoms with Crippen molar-refractivity contribution in [3.05, 3.63) is 89.7 Å². The van der Waals surface area contributed by atoms with E-state index in [4.69, 9.17) is 0 Å². The Morgan fingerprint density at radius 2 is 1.74 bits per heavy atom. The van der Waals surface area contributed by atoms with Crippen LogP contribution in [0, 0.1) is 5.82 Å². The third-order valence-corrected chi connectivity index (χ3v) is 7.63. The van der Waals surface area contributed by atoms with Crippen LogP contribution in [0.5, 0.6) is 0 Å². The number of nitrogens with zero attached hydrogens (tertiary/aromatic N) is 2. The van der Waals surface area contributed by atoms with Crippen LogP contribution in [0.3, 0.4) is 0 Å². The molecule has 5 nitrogen and oxygen atoms in total. The maximum atomic E-state index is 13.6. The maximum absolute atomic E-state index is 13.6. The molecule has 31 heavy (non-hydrogen) atoms. The molecule has 0 saturated carbocycles. The summed E-state index contributed by atoms with van der Waals surface area (Å²) in [5.74, 6) is -0.692. The van der Waals surface area contributed by atoms with E-state index in [1.54, 1.807) is 13.0 Å². The van der Waals surface area contributed by atoms with Crippen LogP contribution in [0.25, 0.3) is 10.2 Å². The first-order valence-electron chi connectivity index (χ1n) is 9.62. The van der Waals surface area contributed by atoms with Crippen molar-refractivity contribution in [1.29, 1.82) is 0 Å². The Bertz CT molecular complexity index is 1330. The Kier molecular flexibility index (Phi) is 5.84. The Morgan fingerprint density at radius 1 is 1.03 bits per heavy atom. The van der Waals surface area contributed by atoms with Gasteiger partial charge in [0.05, 0.1) is 27.4 Å². The number of sulfone groups is 1. The molecule has 158 valence electrons. The molecule has 0 radical (unpaired) electrons. The lowest BCUT2D eigenvalue weighted by Gasteiger charge is -2.20. The van der Waals surface area contributed by atoms with E-state index in [0.717, 1.165) is 5.56 Å². The van der Waals surface area contributed by atoms with Gasteiger partial charge >= 0.3 is 0 Å². The SMILES string of the molecule is CCS(=O)(=O)c1ccc(C(=O)N(Cc2ccccc2)c2nc3ccc(F)cc3s2)cc1. The normalized spacial score (nSPS) is 11.5. The molecule has 0 saturated heterocycles. The van der Waals surface area contributed by atoms with Crippen molar-refractivity contribution in [2.45, 2.75) is 18.4 Å². The van der Waals surface area contributed by atoms with E-state index in [9.17, 15) is 17.6 Å². The minimum absolute atomic E-state index is 0.0112. The highest BCUT2D eigenvalue weighted by Crippen LogP contribution is 2.31. The molecule has 0 spiro atoms. The fraction of sp³-hybridized carbons (Fsp3) is 0.130. The summed E-state index contributed by atoms with van der Waals surface area (Å²) in [4.78, 5) is 19.6. The minimum atomic E-state index is -3.35. The number of carbonyl (C=O) groups excluding carboxylic acids is 1. The number of hydrogen-bond acceptors (Lipinski definition) is 5. The summed E-state index contributed by atoms with van der Waals surface area (Å²) in [5, 5.41) is 0.444. The molecule has 0 aliphatic heterocycles. The van der Waals surface area contributed by atoms with Crippen molar-refractivity contribution in [2.75, 3.05) is 10.7 Å². The Labute approximate surface area is 183 Å². The zero-order valence-corrected chi connectivity index (χ0v) is 18.3. The minimum Gasteiger partial charge on any atom is -0.279 e. The number of amides is 1. The van der Waals surface area contributed by atoms with Gasteiger partial charge in [0.25, 0.3) is 5.91 Å². The molecule has 4 rings (SSSR count). The summed E-state index contributed by atoms with van der Waals surface area (Å²) in [7, 11) is -3.35. The first-order chi connectivity index (χ1) is 14.9. The van der Waals surface area contributed by atoms with Gasteiger partial charge < -0.3 is 0 Å². The molecular weight excluding hydrogens is 435 g/mol. The smallest absolute Gasteiger partial charge is 0.260 e. The molecule has 0 unspecified atom stereocenters. The van der Waals surface area contributed by atoms with Crippen LogP contribution in [0.4, 0.5) is 9.52 Å². The standard InChI is InChI=1S/C23H19FN2O3S2/c1-2-31(28,29)19-11-8-17(9-12-19)22(27)26(15-16-6-4-3-5-7-16)23-25-20-13-10-18(24)14-21(20)30-23/h3-14H,2,15H2,1H3. The molecule has 0 fully saturated rings. The van der Waals surface area contributed by atoms with Crippen molar-refractivity contribution < 1.29 is 17.6 Å². The number of thiazole rings is 1. The van der Waals surface area contributed by atoms with E-state index in [0.29, 0.717) is 20.9 Å². The number of halogens is 1. The summed E-state index contributed by atoms with van der Waals surface area (Å²) < 4.78 is 38.4. The first-order valence-corrected chi connectivity index (χ1v) is 12.1. The molecule has 1 amide bonds. The lowest BCUT2D eigenvalue weighted by molar-refractivity contribution is 0.0985. The molecule has 0 N–H and O–H groups in total. The van der Waals surface area contributed by atoms with Gasteiger partial charge in [0.2, 0.25) is 0 Å². The zero-order valence-electron chi connectivity index (χ0n) is 16.7. The largest absolute Gasteiger partial charge is 0.279 e. The second kappa shape index (κ2) is 8.56. The van der Waals surface area contributed by atoms with Gasteiger partial charge in [0, 0.05) is 5.56 Å². The third-order valence-electron chi connectivity index (χ3n) is 4.84. The van der Waals surface area contributed by atoms with Gasteiger partial charge in [-0.25, -0.2) is 17.8 Å². The fourth-order valence-corrected chi connectivity index (χ4v) is 4.99. The van der Waals surface area contributed by atoms with Crippen molar-refractivity contribution >= 4 is 42.4 Å². The van der Waals surface area contributed by atoms with Gasteiger partial charge in [-0.05, 0) is 48.0 Å². The molecule has 0 bridgehead atoms. The number of anilines is 1. The molecule has 0 atom stereocenters. The zero-order chi connectivity index (χ0) is 22.0. The second-order valence-corrected chi connectivity index (χ2v) is 10.2. The predicted molar refractivity (Wildman–Crippen MR) is 121 cm³/mol. The second-order valence-electron chi connectivity index (χ2n) is 6.91. The highest BCUT2D eigenvalue weighted by atomic mass is 32.2. The van der Waals surface area contributed by atoms with Gasteiger partial charge in [-0.3, -0.25) is 9.69 Å². The molecule has 1 heterocycles. The van der Waals surface area contributed by atoms with Crippen LogP contribution in [-0.4, -0.2) is 25.1 Å². The Hall–Kier alpha value is -3.10. The average molecular weight is 455 g/mol. The van der Waals surface area contributed by atoms with Crippen LogP contribution in [0.1, 0.15) is 22.8 Å². The van der Waals surface area contributed by atoms with Gasteiger partial charge in [0.1, 0.15) is 5.82 Å². The van der Waals surface area contributed by atoms with Crippen LogP contribution in [0.2, 0.25) is 0 Å². The van der Waals surface area contributed by atoms with E-state index in [-0.39, 0.29) is 28.9 Å². The summed E-state index contributed by atoms with van der Waals surface area (Å²) in [5.41, 5.74) is 1.86. The highest BCUT2D eigenvalue weighted by molar-refractivity contribution is 7.91. The van der Waals surface area contributed by atoms with Crippen molar-refractivity contribution in [1.82, 2.24) is 4.98 Å². The number of fused-ring (bicyclic) bond motifs is 1. The number of hydrogen-bond donors (Lipinski definition) is 0. The van der Waals surface area contributed by atoms with Gasteiger partial charge in [-0.2, -0.15) is 0 Å².